The van der Waals surface area contributed by atoms with Crippen LogP contribution in [0.4, 0.5) is 5.69 Å². The summed E-state index contributed by atoms with van der Waals surface area (Å²) in [5, 5.41) is 23.0. The van der Waals surface area contributed by atoms with Crippen molar-refractivity contribution in [1.29, 1.82) is 5.26 Å². The Balaban J connectivity index is 1.66. The zero-order valence-electron chi connectivity index (χ0n) is 15.8. The van der Waals surface area contributed by atoms with Crippen LogP contribution in [0.2, 0.25) is 0 Å². The third kappa shape index (κ3) is 4.55. The molecule has 2 aromatic carbocycles. The molecular formula is C20H19N5OS2. The zero-order chi connectivity index (χ0) is 20.1. The number of thiocyanates is 1. The normalized spacial score (nSPS) is 10.5. The van der Waals surface area contributed by atoms with E-state index in [9.17, 15) is 4.79 Å². The minimum atomic E-state index is -0.110. The van der Waals surface area contributed by atoms with Crippen LogP contribution >= 0.6 is 23.5 Å². The van der Waals surface area contributed by atoms with Gasteiger partial charge >= 0.3 is 0 Å². The molecule has 0 aliphatic heterocycles. The van der Waals surface area contributed by atoms with Gasteiger partial charge in [-0.15, -0.1) is 10.2 Å². The van der Waals surface area contributed by atoms with Gasteiger partial charge in [0.1, 0.15) is 5.40 Å². The maximum atomic E-state index is 12.4. The summed E-state index contributed by atoms with van der Waals surface area (Å²) in [5.74, 6) is 0.885. The summed E-state index contributed by atoms with van der Waals surface area (Å²) in [5.41, 5.74) is 3.63. The second kappa shape index (κ2) is 8.95. The Morgan fingerprint density at radius 2 is 1.86 bits per heavy atom. The highest BCUT2D eigenvalue weighted by Crippen LogP contribution is 2.28. The molecule has 0 bridgehead atoms. The summed E-state index contributed by atoms with van der Waals surface area (Å²) in [6, 6.07) is 13.6. The molecule has 1 aromatic heterocycles. The maximum Gasteiger partial charge on any atom is 0.234 e. The fourth-order valence-electron chi connectivity index (χ4n) is 2.82. The van der Waals surface area contributed by atoms with Crippen LogP contribution in [0.25, 0.3) is 11.4 Å². The SMILES string of the molecule is Cc1cc(SC#N)cc(C)c1NC(=O)CSc1nnc(-c2ccccc2)n1C. The predicted molar refractivity (Wildman–Crippen MR) is 113 cm³/mol. The van der Waals surface area contributed by atoms with Gasteiger partial charge in [0.2, 0.25) is 5.91 Å². The standard InChI is InChI=1S/C20H19N5OS2/c1-13-9-16(28-12-21)10-14(2)18(13)22-17(26)11-27-20-24-23-19(25(20)3)15-7-5-4-6-8-15/h4-10H,11H2,1-3H3,(H,22,26). The number of nitrogens with one attached hydrogen (secondary N) is 1. The molecule has 142 valence electrons. The molecule has 1 N–H and O–H groups in total. The Morgan fingerprint density at radius 3 is 2.50 bits per heavy atom. The first-order valence-electron chi connectivity index (χ1n) is 8.54. The van der Waals surface area contributed by atoms with Gasteiger partial charge in [-0.05, 0) is 48.9 Å². The van der Waals surface area contributed by atoms with Crippen molar-refractivity contribution < 1.29 is 4.79 Å². The molecule has 3 aromatic rings. The Hall–Kier alpha value is -2.76. The van der Waals surface area contributed by atoms with E-state index >= 15 is 0 Å². The number of benzene rings is 2. The number of carbonyl (C=O) groups is 1. The lowest BCUT2D eigenvalue weighted by molar-refractivity contribution is -0.113. The number of nitriles is 1. The smallest absolute Gasteiger partial charge is 0.234 e. The topological polar surface area (TPSA) is 83.6 Å². The van der Waals surface area contributed by atoms with Gasteiger partial charge in [-0.3, -0.25) is 4.79 Å². The average molecular weight is 410 g/mol. The van der Waals surface area contributed by atoms with E-state index in [1.807, 2.05) is 67.9 Å². The van der Waals surface area contributed by atoms with Crippen LogP contribution in [0.5, 0.6) is 0 Å². The van der Waals surface area contributed by atoms with Crippen LogP contribution in [0.1, 0.15) is 11.1 Å². The fourth-order valence-corrected chi connectivity index (χ4v) is 4.11. The van der Waals surface area contributed by atoms with Crippen LogP contribution in [0, 0.1) is 24.5 Å². The van der Waals surface area contributed by atoms with Crippen LogP contribution < -0.4 is 5.32 Å². The van der Waals surface area contributed by atoms with Crippen LogP contribution in [-0.4, -0.2) is 26.4 Å². The third-order valence-electron chi connectivity index (χ3n) is 4.13. The van der Waals surface area contributed by atoms with Gasteiger partial charge in [0.25, 0.3) is 0 Å². The molecule has 0 saturated carbocycles. The van der Waals surface area contributed by atoms with E-state index in [0.717, 1.165) is 44.9 Å². The van der Waals surface area contributed by atoms with E-state index in [2.05, 4.69) is 20.9 Å². The first kappa shape index (κ1) is 20.0. The molecule has 28 heavy (non-hydrogen) atoms. The number of thioether (sulfide) groups is 2. The van der Waals surface area contributed by atoms with Crippen molar-refractivity contribution in [3.8, 4) is 16.8 Å². The highest BCUT2D eigenvalue weighted by atomic mass is 32.2. The number of aryl methyl sites for hydroxylation is 2. The number of anilines is 1. The van der Waals surface area contributed by atoms with E-state index in [1.54, 1.807) is 0 Å². The maximum absolute atomic E-state index is 12.4. The molecule has 0 radical (unpaired) electrons. The summed E-state index contributed by atoms with van der Waals surface area (Å²) >= 11 is 2.45. The fraction of sp³-hybridized carbons (Fsp3) is 0.200. The third-order valence-corrected chi connectivity index (χ3v) is 5.72. The number of hydrogen-bond acceptors (Lipinski definition) is 6. The van der Waals surface area contributed by atoms with Gasteiger partial charge < -0.3 is 9.88 Å². The highest BCUT2D eigenvalue weighted by Gasteiger charge is 2.14. The Morgan fingerprint density at radius 1 is 1.18 bits per heavy atom. The Labute approximate surface area is 172 Å². The quantitative estimate of drug-likeness (QED) is 0.480. The highest BCUT2D eigenvalue weighted by molar-refractivity contribution is 8.03. The molecule has 0 atom stereocenters. The van der Waals surface area contributed by atoms with E-state index in [0.29, 0.717) is 5.16 Å². The molecule has 0 aliphatic rings. The number of rotatable bonds is 6. The van der Waals surface area contributed by atoms with Gasteiger partial charge in [-0.2, -0.15) is 5.26 Å². The summed E-state index contributed by atoms with van der Waals surface area (Å²) in [6.45, 7) is 3.85. The first-order valence-corrected chi connectivity index (χ1v) is 10.3. The summed E-state index contributed by atoms with van der Waals surface area (Å²) in [7, 11) is 1.89. The van der Waals surface area contributed by atoms with E-state index in [-0.39, 0.29) is 11.7 Å². The molecule has 3 rings (SSSR count). The van der Waals surface area contributed by atoms with Crippen LogP contribution in [0.3, 0.4) is 0 Å². The second-order valence-electron chi connectivity index (χ2n) is 6.19. The number of carbonyl (C=O) groups excluding carboxylic acids is 1. The van der Waals surface area contributed by atoms with Crippen molar-refractivity contribution >= 4 is 35.1 Å². The second-order valence-corrected chi connectivity index (χ2v) is 7.99. The van der Waals surface area contributed by atoms with Crippen molar-refractivity contribution in [3.63, 3.8) is 0 Å². The molecule has 0 aliphatic carbocycles. The van der Waals surface area contributed by atoms with Gasteiger partial charge in [0, 0.05) is 23.2 Å². The molecule has 0 spiro atoms. The van der Waals surface area contributed by atoms with E-state index in [1.165, 1.54) is 11.8 Å². The molecule has 0 saturated heterocycles. The number of amides is 1. The lowest BCUT2D eigenvalue weighted by Gasteiger charge is -2.12. The van der Waals surface area contributed by atoms with Crippen molar-refractivity contribution in [1.82, 2.24) is 14.8 Å². The molecule has 0 unspecified atom stereocenters. The van der Waals surface area contributed by atoms with Gasteiger partial charge in [0.15, 0.2) is 11.0 Å². The Bertz CT molecular complexity index is 1020. The molecule has 1 amide bonds. The Kier molecular flexibility index (Phi) is 6.39. The summed E-state index contributed by atoms with van der Waals surface area (Å²) < 4.78 is 1.89. The number of nitrogens with zero attached hydrogens (tertiary/aromatic N) is 4. The lowest BCUT2D eigenvalue weighted by atomic mass is 10.1. The van der Waals surface area contributed by atoms with Crippen molar-refractivity contribution in [2.75, 3.05) is 11.1 Å². The van der Waals surface area contributed by atoms with Crippen molar-refractivity contribution in [2.24, 2.45) is 7.05 Å². The van der Waals surface area contributed by atoms with E-state index < -0.39 is 0 Å². The molecule has 1 heterocycles. The summed E-state index contributed by atoms with van der Waals surface area (Å²) in [4.78, 5) is 13.3. The summed E-state index contributed by atoms with van der Waals surface area (Å²) in [6.07, 6.45) is 0. The van der Waals surface area contributed by atoms with Crippen LogP contribution in [0.15, 0.2) is 52.5 Å². The minimum Gasteiger partial charge on any atom is -0.325 e. The van der Waals surface area contributed by atoms with E-state index in [4.69, 9.17) is 5.26 Å². The monoisotopic (exact) mass is 409 g/mol. The predicted octanol–water partition coefficient (Wildman–Crippen LogP) is 4.40. The number of aromatic nitrogens is 3. The van der Waals surface area contributed by atoms with Gasteiger partial charge in [-0.1, -0.05) is 42.1 Å². The lowest BCUT2D eigenvalue weighted by Crippen LogP contribution is -2.16. The number of hydrogen-bond donors (Lipinski definition) is 1. The van der Waals surface area contributed by atoms with Gasteiger partial charge in [-0.25, -0.2) is 0 Å². The molecule has 6 nitrogen and oxygen atoms in total. The molecular weight excluding hydrogens is 390 g/mol. The molecule has 0 fully saturated rings. The minimum absolute atomic E-state index is 0.110. The largest absolute Gasteiger partial charge is 0.325 e. The zero-order valence-corrected chi connectivity index (χ0v) is 17.4. The van der Waals surface area contributed by atoms with Crippen LogP contribution in [-0.2, 0) is 11.8 Å². The van der Waals surface area contributed by atoms with Crippen molar-refractivity contribution in [2.45, 2.75) is 23.9 Å². The van der Waals surface area contributed by atoms with Gasteiger partial charge in [0.05, 0.1) is 5.75 Å². The molecule has 8 heteroatoms. The average Bonchev–Trinajstić information content (AvgIpc) is 3.04. The van der Waals surface area contributed by atoms with Crippen molar-refractivity contribution in [3.05, 3.63) is 53.6 Å². The first-order chi connectivity index (χ1) is 13.5.